The van der Waals surface area contributed by atoms with E-state index in [1.165, 1.54) is 154 Å². The molecule has 1 saturated heterocycles. The van der Waals surface area contributed by atoms with Crippen LogP contribution >= 0.6 is 0 Å². The first-order valence-corrected chi connectivity index (χ1v) is 25.8. The van der Waals surface area contributed by atoms with Gasteiger partial charge in [0, 0.05) is 65.2 Å². The Balaban J connectivity index is 2.19. The summed E-state index contributed by atoms with van der Waals surface area (Å²) in [6, 6.07) is 0. The van der Waals surface area contributed by atoms with E-state index in [0.29, 0.717) is 32.8 Å². The van der Waals surface area contributed by atoms with Gasteiger partial charge in [0.2, 0.25) is 0 Å². The molecule has 1 N–H and O–H groups in total. The number of unbranched alkanes of at least 4 members (excludes halogenated alkanes) is 22. The lowest BCUT2D eigenvalue weighted by Crippen LogP contribution is -2.44. The van der Waals surface area contributed by atoms with Crippen molar-refractivity contribution in [2.45, 2.75) is 213 Å². The zero-order valence-corrected chi connectivity index (χ0v) is 39.9. The van der Waals surface area contributed by atoms with Crippen molar-refractivity contribution in [2.24, 2.45) is 0 Å². The SMILES string of the molecule is C=C(CCCCCCC/C=C\CCCCCCCC)OCCCN(CCCOC(=C)CCCCCCC/C=C\CCCCCCCC)CCC(=O)OCCN1CCNCC1. The maximum absolute atomic E-state index is 12.6. The smallest absolute Gasteiger partial charge is 0.307 e. The molecule has 1 aliphatic heterocycles. The van der Waals surface area contributed by atoms with Crippen LogP contribution in [0.1, 0.15) is 213 Å². The van der Waals surface area contributed by atoms with E-state index in [4.69, 9.17) is 14.2 Å². The van der Waals surface area contributed by atoms with Crippen molar-refractivity contribution in [3.05, 3.63) is 49.0 Å². The van der Waals surface area contributed by atoms with E-state index in [-0.39, 0.29) is 5.97 Å². The number of nitrogens with zero attached hydrogens (tertiary/aromatic N) is 2. The Morgan fingerprint density at radius 1 is 0.500 bits per heavy atom. The average molecular weight is 842 g/mol. The fraction of sp³-hybridized carbons (Fsp3) is 0.830. The number of hydrogen-bond acceptors (Lipinski definition) is 7. The van der Waals surface area contributed by atoms with Crippen molar-refractivity contribution in [1.29, 1.82) is 0 Å². The quantitative estimate of drug-likeness (QED) is 0.0283. The first kappa shape index (κ1) is 55.9. The molecule has 0 unspecified atom stereocenters. The van der Waals surface area contributed by atoms with Crippen molar-refractivity contribution in [3.63, 3.8) is 0 Å². The number of rotatable bonds is 46. The van der Waals surface area contributed by atoms with Crippen LogP contribution in [0.4, 0.5) is 0 Å². The minimum Gasteiger partial charge on any atom is -0.499 e. The van der Waals surface area contributed by atoms with Crippen LogP contribution in [0.5, 0.6) is 0 Å². The fourth-order valence-corrected chi connectivity index (χ4v) is 7.82. The Morgan fingerprint density at radius 3 is 1.33 bits per heavy atom. The zero-order valence-electron chi connectivity index (χ0n) is 39.9. The molecule has 0 saturated carbocycles. The maximum atomic E-state index is 12.6. The van der Waals surface area contributed by atoms with Gasteiger partial charge in [-0.2, -0.15) is 0 Å². The largest absolute Gasteiger partial charge is 0.499 e. The van der Waals surface area contributed by atoms with Crippen molar-refractivity contribution in [2.75, 3.05) is 72.2 Å². The van der Waals surface area contributed by atoms with Crippen LogP contribution in [-0.4, -0.2) is 87.9 Å². The third kappa shape index (κ3) is 40.0. The maximum Gasteiger partial charge on any atom is 0.307 e. The molecule has 1 rings (SSSR count). The molecule has 1 heterocycles. The minimum atomic E-state index is -0.107. The predicted molar refractivity (Wildman–Crippen MR) is 260 cm³/mol. The van der Waals surface area contributed by atoms with E-state index in [2.05, 4.69) is 66.4 Å². The van der Waals surface area contributed by atoms with Crippen LogP contribution in [-0.2, 0) is 19.0 Å². The van der Waals surface area contributed by atoms with E-state index in [0.717, 1.165) is 95.9 Å². The second kappa shape index (κ2) is 44.9. The molecule has 0 radical (unpaired) electrons. The lowest BCUT2D eigenvalue weighted by atomic mass is 10.1. The Hall–Kier alpha value is -2.09. The molecule has 0 aromatic rings. The first-order chi connectivity index (χ1) is 29.5. The molecule has 0 aromatic carbocycles. The number of carbonyl (C=O) groups excluding carboxylic acids is 1. The molecule has 0 amide bonds. The molecular weight excluding hydrogens is 743 g/mol. The molecule has 0 aliphatic carbocycles. The van der Waals surface area contributed by atoms with Crippen LogP contribution < -0.4 is 5.32 Å². The van der Waals surface area contributed by atoms with Crippen molar-refractivity contribution >= 4 is 5.97 Å². The number of esters is 1. The summed E-state index contributed by atoms with van der Waals surface area (Å²) in [7, 11) is 0. The number of allylic oxidation sites excluding steroid dienone is 6. The summed E-state index contributed by atoms with van der Waals surface area (Å²) in [5.74, 6) is 1.71. The second-order valence-electron chi connectivity index (χ2n) is 17.6. The van der Waals surface area contributed by atoms with Gasteiger partial charge >= 0.3 is 5.97 Å². The molecule has 0 aromatic heterocycles. The van der Waals surface area contributed by atoms with Gasteiger partial charge in [-0.3, -0.25) is 9.69 Å². The highest BCUT2D eigenvalue weighted by Crippen LogP contribution is 2.15. The molecule has 0 spiro atoms. The number of carbonyl (C=O) groups is 1. The highest BCUT2D eigenvalue weighted by molar-refractivity contribution is 5.69. The Labute approximate surface area is 373 Å². The van der Waals surface area contributed by atoms with Crippen molar-refractivity contribution in [3.8, 4) is 0 Å². The topological polar surface area (TPSA) is 63.3 Å². The van der Waals surface area contributed by atoms with Crippen LogP contribution in [0.25, 0.3) is 0 Å². The van der Waals surface area contributed by atoms with Gasteiger partial charge in [-0.05, 0) is 77.0 Å². The molecule has 7 nitrogen and oxygen atoms in total. The lowest BCUT2D eigenvalue weighted by molar-refractivity contribution is -0.144. The minimum absolute atomic E-state index is 0.107. The fourth-order valence-electron chi connectivity index (χ4n) is 7.82. The summed E-state index contributed by atoms with van der Waals surface area (Å²) >= 11 is 0. The summed E-state index contributed by atoms with van der Waals surface area (Å²) in [6.45, 7) is 22.1. The number of nitrogens with one attached hydrogen (secondary N) is 1. The van der Waals surface area contributed by atoms with E-state index in [9.17, 15) is 4.79 Å². The second-order valence-corrected chi connectivity index (χ2v) is 17.6. The summed E-state index contributed by atoms with van der Waals surface area (Å²) in [5, 5.41) is 3.37. The van der Waals surface area contributed by atoms with Crippen LogP contribution in [0.15, 0.2) is 49.0 Å². The van der Waals surface area contributed by atoms with Gasteiger partial charge in [-0.25, -0.2) is 0 Å². The number of piperazine rings is 1. The summed E-state index contributed by atoms with van der Waals surface area (Å²) < 4.78 is 17.7. The third-order valence-electron chi connectivity index (χ3n) is 11.8. The zero-order chi connectivity index (χ0) is 43.2. The Morgan fingerprint density at radius 2 is 0.900 bits per heavy atom. The average Bonchev–Trinajstić information content (AvgIpc) is 3.25. The normalized spacial score (nSPS) is 13.5. The monoisotopic (exact) mass is 842 g/mol. The highest BCUT2D eigenvalue weighted by atomic mass is 16.5. The van der Waals surface area contributed by atoms with Gasteiger partial charge in [0.05, 0.1) is 31.2 Å². The van der Waals surface area contributed by atoms with E-state index in [1.54, 1.807) is 0 Å². The van der Waals surface area contributed by atoms with Gasteiger partial charge in [0.15, 0.2) is 0 Å². The molecule has 1 fully saturated rings. The molecule has 1 aliphatic rings. The Kier molecular flexibility index (Phi) is 41.9. The van der Waals surface area contributed by atoms with Crippen LogP contribution in [0, 0.1) is 0 Å². The highest BCUT2D eigenvalue weighted by Gasteiger charge is 2.13. The van der Waals surface area contributed by atoms with E-state index >= 15 is 0 Å². The molecular formula is C53H99N3O4. The summed E-state index contributed by atoms with van der Waals surface area (Å²) in [5.41, 5.74) is 0. The third-order valence-corrected chi connectivity index (χ3v) is 11.8. The van der Waals surface area contributed by atoms with E-state index in [1.807, 2.05) is 0 Å². The number of hydrogen-bond donors (Lipinski definition) is 1. The molecule has 7 heteroatoms. The van der Waals surface area contributed by atoms with Crippen molar-refractivity contribution < 1.29 is 19.0 Å². The number of ether oxygens (including phenoxy) is 3. The summed E-state index contributed by atoms with van der Waals surface area (Å²) in [4.78, 5) is 17.4. The molecule has 60 heavy (non-hydrogen) atoms. The predicted octanol–water partition coefficient (Wildman–Crippen LogP) is 14.0. The molecule has 0 atom stereocenters. The van der Waals surface area contributed by atoms with Gasteiger partial charge in [-0.15, -0.1) is 0 Å². The standard InChI is InChI=1S/C53H99N3O4/c1-5-7-9-11-13-15-17-19-21-23-25-27-29-31-33-37-51(3)58-48-35-42-55(44-39-53(57)60-50-47-56-45-40-54-41-46-56)43-36-49-59-52(4)38-34-32-30-28-26-24-22-20-18-16-14-12-10-8-6-2/h19-22,54H,3-18,23-50H2,1-2H3/b21-19-,22-20-. The van der Waals surface area contributed by atoms with Crippen molar-refractivity contribution in [1.82, 2.24) is 15.1 Å². The van der Waals surface area contributed by atoms with E-state index < -0.39 is 0 Å². The first-order valence-electron chi connectivity index (χ1n) is 25.8. The van der Waals surface area contributed by atoms with Crippen LogP contribution in [0.3, 0.4) is 0 Å². The van der Waals surface area contributed by atoms with Gasteiger partial charge in [-0.1, -0.05) is 154 Å². The van der Waals surface area contributed by atoms with Crippen LogP contribution in [0.2, 0.25) is 0 Å². The van der Waals surface area contributed by atoms with Gasteiger partial charge < -0.3 is 24.4 Å². The lowest BCUT2D eigenvalue weighted by Gasteiger charge is -2.26. The van der Waals surface area contributed by atoms with Gasteiger partial charge in [0.25, 0.3) is 0 Å². The molecule has 350 valence electrons. The Bertz CT molecular complexity index is 964. The summed E-state index contributed by atoms with van der Waals surface area (Å²) in [6.07, 6.45) is 47.8. The van der Waals surface area contributed by atoms with Gasteiger partial charge in [0.1, 0.15) is 6.61 Å². The molecule has 0 bridgehead atoms.